The summed E-state index contributed by atoms with van der Waals surface area (Å²) in [5.41, 5.74) is 4.87. The van der Waals surface area contributed by atoms with Crippen molar-refractivity contribution in [1.29, 1.82) is 0 Å². The Labute approximate surface area is 215 Å². The number of carbonyl (C=O) groups is 1. The lowest BCUT2D eigenvalue weighted by atomic mass is 10.1. The number of carbonyl (C=O) groups excluding carboxylic acids is 1. The minimum atomic E-state index is -0.345. The van der Waals surface area contributed by atoms with Gasteiger partial charge in [0.15, 0.2) is 5.75 Å². The highest BCUT2D eigenvalue weighted by Crippen LogP contribution is 2.50. The number of halogens is 1. The number of nitrogens with zero attached hydrogens (tertiary/aromatic N) is 1. The Morgan fingerprint density at radius 1 is 0.943 bits per heavy atom. The predicted molar refractivity (Wildman–Crippen MR) is 146 cm³/mol. The summed E-state index contributed by atoms with van der Waals surface area (Å²) >= 11 is 3.18. The van der Waals surface area contributed by atoms with Crippen LogP contribution in [0.25, 0.3) is 0 Å². The van der Waals surface area contributed by atoms with Crippen molar-refractivity contribution in [2.45, 2.75) is 53.4 Å². The first-order valence-corrected chi connectivity index (χ1v) is 12.5. The molecule has 0 saturated heterocycles. The summed E-state index contributed by atoms with van der Waals surface area (Å²) in [5, 5.41) is 34.4. The van der Waals surface area contributed by atoms with Gasteiger partial charge in [0, 0.05) is 12.6 Å². The summed E-state index contributed by atoms with van der Waals surface area (Å²) in [6.45, 7) is 8.66. The summed E-state index contributed by atoms with van der Waals surface area (Å²) in [7, 11) is 0. The molecule has 7 heteroatoms. The smallest absolute Gasteiger partial charge is 0.260 e. The number of amides is 1. The van der Waals surface area contributed by atoms with Gasteiger partial charge in [0.05, 0.1) is 16.9 Å². The average molecular weight is 541 g/mol. The van der Waals surface area contributed by atoms with E-state index < -0.39 is 0 Å². The van der Waals surface area contributed by atoms with Gasteiger partial charge in [-0.1, -0.05) is 41.0 Å². The number of benzene rings is 2. The Kier molecular flexibility index (Phi) is 8.67. The zero-order chi connectivity index (χ0) is 25.7. The second-order valence-electron chi connectivity index (χ2n) is 9.15. The molecule has 0 unspecified atom stereocenters. The molecule has 0 aromatic heterocycles. The van der Waals surface area contributed by atoms with Crippen molar-refractivity contribution in [2.24, 2.45) is 0 Å². The van der Waals surface area contributed by atoms with Crippen LogP contribution in [0.1, 0.15) is 63.7 Å². The number of hydrogen-bond donors (Lipinski definition) is 4. The molecule has 0 atom stereocenters. The van der Waals surface area contributed by atoms with Crippen LogP contribution in [0.3, 0.4) is 0 Å². The summed E-state index contributed by atoms with van der Waals surface area (Å²) in [4.78, 5) is 15.0. The molecule has 0 bridgehead atoms. The maximum atomic E-state index is 13.5. The fourth-order valence-electron chi connectivity index (χ4n) is 3.95. The number of phenols is 3. The molecule has 0 radical (unpaired) electrons. The van der Waals surface area contributed by atoms with Gasteiger partial charge in [-0.05, 0) is 81.4 Å². The van der Waals surface area contributed by atoms with Crippen LogP contribution in [-0.4, -0.2) is 27.8 Å². The van der Waals surface area contributed by atoms with Gasteiger partial charge in [-0.25, -0.2) is 0 Å². The number of hydrogen-bond acceptors (Lipinski definition) is 5. The molecule has 35 heavy (non-hydrogen) atoms. The molecule has 3 rings (SSSR count). The van der Waals surface area contributed by atoms with Gasteiger partial charge in [0.1, 0.15) is 21.7 Å². The lowest BCUT2D eigenvalue weighted by Crippen LogP contribution is -2.30. The molecule has 0 aliphatic carbocycles. The van der Waals surface area contributed by atoms with Crippen LogP contribution in [0, 0.1) is 0 Å². The predicted octanol–water partition coefficient (Wildman–Crippen LogP) is 7.69. The first kappa shape index (κ1) is 26.4. The van der Waals surface area contributed by atoms with Gasteiger partial charge < -0.3 is 25.5 Å². The molecule has 0 fully saturated rings. The average Bonchev–Trinajstić information content (AvgIpc) is 2.91. The molecule has 1 heterocycles. The monoisotopic (exact) mass is 540 g/mol. The lowest BCUT2D eigenvalue weighted by Gasteiger charge is -2.23. The van der Waals surface area contributed by atoms with E-state index in [1.54, 1.807) is 12.1 Å². The molecular weight excluding hydrogens is 508 g/mol. The fourth-order valence-corrected chi connectivity index (χ4v) is 4.26. The molecule has 6 nitrogen and oxygen atoms in total. The molecule has 0 saturated carbocycles. The van der Waals surface area contributed by atoms with Crippen LogP contribution in [-0.2, 0) is 0 Å². The minimum absolute atomic E-state index is 0.105. The van der Waals surface area contributed by atoms with Gasteiger partial charge in [0.25, 0.3) is 5.91 Å². The number of phenolic OH excluding ortho intramolecular Hbond substituents is 3. The van der Waals surface area contributed by atoms with E-state index in [9.17, 15) is 20.1 Å². The second kappa shape index (κ2) is 11.5. The number of para-hydroxylation sites is 1. The van der Waals surface area contributed by atoms with E-state index in [1.807, 2.05) is 13.0 Å². The zero-order valence-electron chi connectivity index (χ0n) is 20.7. The molecule has 1 amide bonds. The molecule has 2 aromatic rings. The van der Waals surface area contributed by atoms with E-state index in [0.29, 0.717) is 5.69 Å². The van der Waals surface area contributed by atoms with E-state index in [4.69, 9.17) is 0 Å². The number of fused-ring (bicyclic) bond motifs is 2. The molecule has 0 spiro atoms. The zero-order valence-corrected chi connectivity index (χ0v) is 22.2. The van der Waals surface area contributed by atoms with Crippen molar-refractivity contribution < 1.29 is 20.1 Å². The summed E-state index contributed by atoms with van der Waals surface area (Å²) in [6, 6.07) is 6.12. The normalized spacial score (nSPS) is 13.6. The molecule has 4 N–H and O–H groups in total. The van der Waals surface area contributed by atoms with Crippen LogP contribution < -0.4 is 10.2 Å². The van der Waals surface area contributed by atoms with E-state index >= 15 is 0 Å². The van der Waals surface area contributed by atoms with Crippen molar-refractivity contribution in [3.05, 3.63) is 69.2 Å². The highest BCUT2D eigenvalue weighted by Gasteiger charge is 2.31. The summed E-state index contributed by atoms with van der Waals surface area (Å²) in [5.74, 6) is -0.887. The molecule has 1 aliphatic rings. The Morgan fingerprint density at radius 3 is 2.29 bits per heavy atom. The molecule has 186 valence electrons. The largest absolute Gasteiger partial charge is 0.507 e. The first-order valence-electron chi connectivity index (χ1n) is 11.7. The van der Waals surface area contributed by atoms with Gasteiger partial charge in [-0.15, -0.1) is 0 Å². The third-order valence-electron chi connectivity index (χ3n) is 6.00. The van der Waals surface area contributed by atoms with Gasteiger partial charge in [0.2, 0.25) is 0 Å². The third-order valence-corrected chi connectivity index (χ3v) is 6.78. The first-order chi connectivity index (χ1) is 16.6. The number of nitrogens with one attached hydrogen (secondary N) is 1. The maximum Gasteiger partial charge on any atom is 0.260 e. The number of aromatic hydroxyl groups is 3. The van der Waals surface area contributed by atoms with Crippen molar-refractivity contribution in [3.63, 3.8) is 0 Å². The van der Waals surface area contributed by atoms with Gasteiger partial charge >= 0.3 is 0 Å². The molecular formula is C28H33BrN2O4. The summed E-state index contributed by atoms with van der Waals surface area (Å²) < 4.78 is 0.105. The van der Waals surface area contributed by atoms with Crippen molar-refractivity contribution >= 4 is 38.9 Å². The highest BCUT2D eigenvalue weighted by molar-refractivity contribution is 9.10. The van der Waals surface area contributed by atoms with Crippen LogP contribution in [0.2, 0.25) is 0 Å². The van der Waals surface area contributed by atoms with Crippen molar-refractivity contribution in [1.82, 2.24) is 0 Å². The van der Waals surface area contributed by atoms with Crippen LogP contribution in [0.5, 0.6) is 17.2 Å². The van der Waals surface area contributed by atoms with E-state index in [0.717, 1.165) is 31.3 Å². The number of anilines is 3. The Balaban J connectivity index is 1.84. The summed E-state index contributed by atoms with van der Waals surface area (Å²) in [6.07, 6.45) is 10.4. The van der Waals surface area contributed by atoms with Gasteiger partial charge in [-0.3, -0.25) is 4.79 Å². The topological polar surface area (TPSA) is 93.0 Å². The van der Waals surface area contributed by atoms with Crippen LogP contribution in [0.4, 0.5) is 17.1 Å². The molecule has 1 aliphatic heterocycles. The van der Waals surface area contributed by atoms with Crippen LogP contribution >= 0.6 is 15.9 Å². The van der Waals surface area contributed by atoms with Gasteiger partial charge in [-0.2, -0.15) is 0 Å². The third kappa shape index (κ3) is 6.28. The SMILES string of the molecule is CC(C)=CCC/C(C)=C\CC/C(C)=C\CN1C(=O)c2cccc(O)c2Nc2c1cc(O)c(Br)c2O. The second-order valence-corrected chi connectivity index (χ2v) is 9.95. The van der Waals surface area contributed by atoms with Crippen molar-refractivity contribution in [3.8, 4) is 17.2 Å². The molecule has 2 aromatic carbocycles. The number of rotatable bonds is 8. The highest BCUT2D eigenvalue weighted by atomic mass is 79.9. The number of allylic oxidation sites excluding steroid dienone is 5. The van der Waals surface area contributed by atoms with E-state index in [2.05, 4.69) is 54.2 Å². The Hall–Kier alpha value is -3.19. The maximum absolute atomic E-state index is 13.5. The fraction of sp³-hybridized carbons (Fsp3) is 0.321. The van der Waals surface area contributed by atoms with E-state index in [1.165, 1.54) is 28.2 Å². The quantitative estimate of drug-likeness (QED) is 0.156. The Morgan fingerprint density at radius 2 is 1.60 bits per heavy atom. The van der Waals surface area contributed by atoms with Crippen molar-refractivity contribution in [2.75, 3.05) is 16.8 Å². The Bertz CT molecular complexity index is 1210. The standard InChI is InChI=1S/C28H33BrN2O4/c1-17(2)8-5-9-18(3)10-6-11-19(4)14-15-31-21-16-23(33)24(29)27(34)26(21)30-25-20(28(31)35)12-7-13-22(25)32/h7-8,10,12-14,16,30,32-34H,5-6,9,11,15H2,1-4H3/b18-10-,19-14-. The van der Waals surface area contributed by atoms with E-state index in [-0.39, 0.29) is 51.1 Å². The lowest BCUT2D eigenvalue weighted by molar-refractivity contribution is 0.0991. The minimum Gasteiger partial charge on any atom is -0.507 e. The van der Waals surface area contributed by atoms with Crippen LogP contribution in [0.15, 0.2) is 63.7 Å².